The van der Waals surface area contributed by atoms with Crippen LogP contribution >= 0.6 is 0 Å². The van der Waals surface area contributed by atoms with Crippen molar-refractivity contribution < 1.29 is 4.42 Å². The lowest BCUT2D eigenvalue weighted by Gasteiger charge is -2.15. The van der Waals surface area contributed by atoms with E-state index in [0.29, 0.717) is 11.8 Å². The summed E-state index contributed by atoms with van der Waals surface area (Å²) in [6.45, 7) is 9.10. The second-order valence-corrected chi connectivity index (χ2v) is 5.60. The normalized spacial score (nSPS) is 13.5. The van der Waals surface area contributed by atoms with Crippen molar-refractivity contribution in [2.45, 2.75) is 39.2 Å². The summed E-state index contributed by atoms with van der Waals surface area (Å²) in [7, 11) is 0. The lowest BCUT2D eigenvalue weighted by Crippen LogP contribution is -2.22. The van der Waals surface area contributed by atoms with Crippen molar-refractivity contribution in [1.29, 1.82) is 0 Å². The van der Waals surface area contributed by atoms with E-state index in [2.05, 4.69) is 55.3 Å². The molecule has 1 aromatic carbocycles. The van der Waals surface area contributed by atoms with E-state index >= 15 is 0 Å². The Morgan fingerprint density at radius 2 is 1.84 bits per heavy atom. The Labute approximate surface area is 114 Å². The minimum absolute atomic E-state index is 0.0465. The molecule has 2 rings (SSSR count). The molecule has 0 radical (unpaired) electrons. The van der Waals surface area contributed by atoms with Crippen LogP contribution in [0.25, 0.3) is 0 Å². The number of rotatable bonds is 4. The maximum Gasteiger partial charge on any atom is 0.237 e. The van der Waals surface area contributed by atoms with Gasteiger partial charge >= 0.3 is 0 Å². The molecule has 1 atom stereocenters. The number of hydrogen-bond donors (Lipinski definition) is 1. The van der Waals surface area contributed by atoms with Crippen LogP contribution in [0, 0.1) is 0 Å². The lowest BCUT2D eigenvalue weighted by molar-refractivity contribution is 0.353. The summed E-state index contributed by atoms with van der Waals surface area (Å²) >= 11 is 0. The molecular formula is C15H21N3O. The topological polar surface area (TPSA) is 51.0 Å². The second kappa shape index (κ2) is 5.53. The number of nitrogens with zero attached hydrogens (tertiary/aromatic N) is 2. The van der Waals surface area contributed by atoms with Crippen LogP contribution in [-0.2, 0) is 5.41 Å². The quantitative estimate of drug-likeness (QED) is 0.916. The number of benzene rings is 1. The monoisotopic (exact) mass is 259 g/mol. The Hall–Kier alpha value is -1.68. The van der Waals surface area contributed by atoms with E-state index in [4.69, 9.17) is 4.42 Å². The van der Waals surface area contributed by atoms with E-state index in [1.54, 1.807) is 0 Å². The number of nitrogens with one attached hydrogen (secondary N) is 1. The standard InChI is InChI=1S/C15H21N3O/c1-5-16-12(11-9-7-6-8-10-11)13-17-18-14(19-13)15(2,3)4/h6-10,12,16H,5H2,1-4H3. The van der Waals surface area contributed by atoms with Crippen LogP contribution in [0.3, 0.4) is 0 Å². The minimum Gasteiger partial charge on any atom is -0.423 e. The zero-order valence-electron chi connectivity index (χ0n) is 12.0. The van der Waals surface area contributed by atoms with Crippen molar-refractivity contribution in [3.63, 3.8) is 0 Å². The largest absolute Gasteiger partial charge is 0.423 e. The number of hydrogen-bond acceptors (Lipinski definition) is 4. The maximum absolute atomic E-state index is 5.83. The molecular weight excluding hydrogens is 238 g/mol. The molecule has 102 valence electrons. The van der Waals surface area contributed by atoms with E-state index in [1.807, 2.05) is 18.2 Å². The molecule has 0 aliphatic rings. The summed E-state index contributed by atoms with van der Waals surface area (Å²) in [5, 5.41) is 11.7. The Balaban J connectivity index is 2.32. The molecule has 2 aromatic rings. The van der Waals surface area contributed by atoms with Gasteiger partial charge in [-0.05, 0) is 12.1 Å². The molecule has 1 unspecified atom stereocenters. The first-order valence-electron chi connectivity index (χ1n) is 6.64. The van der Waals surface area contributed by atoms with Crippen LogP contribution in [0.15, 0.2) is 34.7 Å². The molecule has 1 heterocycles. The maximum atomic E-state index is 5.83. The highest BCUT2D eigenvalue weighted by Gasteiger charge is 2.25. The van der Waals surface area contributed by atoms with Crippen molar-refractivity contribution in [2.75, 3.05) is 6.54 Å². The van der Waals surface area contributed by atoms with Crippen LogP contribution in [-0.4, -0.2) is 16.7 Å². The zero-order valence-corrected chi connectivity index (χ0v) is 12.0. The minimum atomic E-state index is -0.126. The van der Waals surface area contributed by atoms with Gasteiger partial charge in [-0.15, -0.1) is 10.2 Å². The van der Waals surface area contributed by atoms with Gasteiger partial charge in [0.05, 0.1) is 0 Å². The zero-order chi connectivity index (χ0) is 13.9. The highest BCUT2D eigenvalue weighted by atomic mass is 16.4. The Morgan fingerprint density at radius 1 is 1.16 bits per heavy atom. The van der Waals surface area contributed by atoms with Crippen molar-refractivity contribution in [3.8, 4) is 0 Å². The first-order chi connectivity index (χ1) is 9.02. The predicted molar refractivity (Wildman–Crippen MR) is 75.0 cm³/mol. The fraction of sp³-hybridized carbons (Fsp3) is 0.467. The van der Waals surface area contributed by atoms with E-state index in [1.165, 1.54) is 0 Å². The summed E-state index contributed by atoms with van der Waals surface area (Å²) in [6, 6.07) is 10.1. The van der Waals surface area contributed by atoms with Gasteiger partial charge < -0.3 is 9.73 Å². The van der Waals surface area contributed by atoms with Gasteiger partial charge in [0.2, 0.25) is 11.8 Å². The molecule has 0 saturated heterocycles. The highest BCUT2D eigenvalue weighted by Crippen LogP contribution is 2.25. The molecule has 4 nitrogen and oxygen atoms in total. The van der Waals surface area contributed by atoms with Crippen LogP contribution in [0.4, 0.5) is 0 Å². The van der Waals surface area contributed by atoms with Gasteiger partial charge in [0.15, 0.2) is 0 Å². The van der Waals surface area contributed by atoms with Gasteiger partial charge in [0.1, 0.15) is 6.04 Å². The molecule has 0 aliphatic carbocycles. The molecule has 0 saturated carbocycles. The molecule has 0 spiro atoms. The SMILES string of the molecule is CCNC(c1ccccc1)c1nnc(C(C)(C)C)o1. The van der Waals surface area contributed by atoms with Crippen LogP contribution in [0.5, 0.6) is 0 Å². The highest BCUT2D eigenvalue weighted by molar-refractivity contribution is 5.23. The van der Waals surface area contributed by atoms with Crippen molar-refractivity contribution in [3.05, 3.63) is 47.7 Å². The molecule has 0 bridgehead atoms. The smallest absolute Gasteiger partial charge is 0.237 e. The van der Waals surface area contributed by atoms with E-state index in [0.717, 1.165) is 12.1 Å². The fourth-order valence-corrected chi connectivity index (χ4v) is 1.85. The average Bonchev–Trinajstić information content (AvgIpc) is 2.86. The van der Waals surface area contributed by atoms with Gasteiger partial charge in [0, 0.05) is 5.41 Å². The van der Waals surface area contributed by atoms with E-state index in [9.17, 15) is 0 Å². The third-order valence-electron chi connectivity index (χ3n) is 2.87. The first kappa shape index (κ1) is 13.7. The molecule has 0 aliphatic heterocycles. The molecule has 4 heteroatoms. The van der Waals surface area contributed by atoms with Crippen LogP contribution in [0.2, 0.25) is 0 Å². The molecule has 0 fully saturated rings. The molecule has 1 aromatic heterocycles. The Bertz CT molecular complexity index is 514. The summed E-state index contributed by atoms with van der Waals surface area (Å²) < 4.78 is 5.83. The second-order valence-electron chi connectivity index (χ2n) is 5.60. The number of aromatic nitrogens is 2. The average molecular weight is 259 g/mol. The summed E-state index contributed by atoms with van der Waals surface area (Å²) in [5.41, 5.74) is 1.01. The van der Waals surface area contributed by atoms with Gasteiger partial charge in [0.25, 0.3) is 0 Å². The van der Waals surface area contributed by atoms with Crippen molar-refractivity contribution in [2.24, 2.45) is 0 Å². The van der Waals surface area contributed by atoms with E-state index < -0.39 is 0 Å². The summed E-state index contributed by atoms with van der Waals surface area (Å²) in [6.07, 6.45) is 0. The van der Waals surface area contributed by atoms with Gasteiger partial charge in [-0.25, -0.2) is 0 Å². The van der Waals surface area contributed by atoms with Crippen LogP contribution < -0.4 is 5.32 Å². The summed E-state index contributed by atoms with van der Waals surface area (Å²) in [4.78, 5) is 0. The predicted octanol–water partition coefficient (Wildman–Crippen LogP) is 3.07. The van der Waals surface area contributed by atoms with Crippen molar-refractivity contribution >= 4 is 0 Å². The fourth-order valence-electron chi connectivity index (χ4n) is 1.85. The third-order valence-corrected chi connectivity index (χ3v) is 2.87. The first-order valence-corrected chi connectivity index (χ1v) is 6.64. The van der Waals surface area contributed by atoms with Gasteiger partial charge in [-0.2, -0.15) is 0 Å². The van der Waals surface area contributed by atoms with E-state index in [-0.39, 0.29) is 11.5 Å². The van der Waals surface area contributed by atoms with Gasteiger partial charge in [-0.3, -0.25) is 0 Å². The molecule has 19 heavy (non-hydrogen) atoms. The molecule has 1 N–H and O–H groups in total. The molecule has 0 amide bonds. The Kier molecular flexibility index (Phi) is 4.00. The lowest BCUT2D eigenvalue weighted by atomic mass is 9.97. The Morgan fingerprint density at radius 3 is 2.37 bits per heavy atom. The van der Waals surface area contributed by atoms with Crippen molar-refractivity contribution in [1.82, 2.24) is 15.5 Å². The van der Waals surface area contributed by atoms with Gasteiger partial charge in [-0.1, -0.05) is 58.0 Å². The third kappa shape index (κ3) is 3.20. The summed E-state index contributed by atoms with van der Waals surface area (Å²) in [5.74, 6) is 1.29. The van der Waals surface area contributed by atoms with Crippen LogP contribution in [0.1, 0.15) is 51.1 Å².